The van der Waals surface area contributed by atoms with Crippen LogP contribution in [0.4, 0.5) is 5.00 Å². The van der Waals surface area contributed by atoms with Crippen molar-refractivity contribution in [3.8, 4) is 5.75 Å². The fourth-order valence-corrected chi connectivity index (χ4v) is 3.92. The summed E-state index contributed by atoms with van der Waals surface area (Å²) in [5.41, 5.74) is 1.96. The Labute approximate surface area is 167 Å². The molecule has 1 unspecified atom stereocenters. The number of amides is 1. The maximum atomic E-state index is 12.6. The first-order valence-electron chi connectivity index (χ1n) is 8.76. The first-order chi connectivity index (χ1) is 13.5. The highest BCUT2D eigenvalue weighted by molar-refractivity contribution is 7.16. The van der Waals surface area contributed by atoms with Gasteiger partial charge in [0.2, 0.25) is 0 Å². The van der Waals surface area contributed by atoms with Crippen LogP contribution in [-0.4, -0.2) is 26.1 Å². The van der Waals surface area contributed by atoms with Gasteiger partial charge in [-0.15, -0.1) is 11.3 Å². The second kappa shape index (κ2) is 8.71. The molecule has 0 radical (unpaired) electrons. The van der Waals surface area contributed by atoms with Gasteiger partial charge >= 0.3 is 5.97 Å². The molecule has 1 aromatic heterocycles. The molecule has 0 aliphatic carbocycles. The second-order valence-electron chi connectivity index (χ2n) is 6.20. The second-order valence-corrected chi connectivity index (χ2v) is 7.28. The summed E-state index contributed by atoms with van der Waals surface area (Å²) in [5.74, 6) is -0.0236. The summed E-state index contributed by atoms with van der Waals surface area (Å²) in [5, 5.41) is 3.32. The van der Waals surface area contributed by atoms with Gasteiger partial charge in [-0.3, -0.25) is 4.79 Å². The molecule has 1 atom stereocenters. The molecule has 5 nitrogen and oxygen atoms in total. The average Bonchev–Trinajstić information content (AvgIpc) is 3.17. The highest BCUT2D eigenvalue weighted by Crippen LogP contribution is 2.36. The molecule has 28 heavy (non-hydrogen) atoms. The van der Waals surface area contributed by atoms with Crippen LogP contribution in [0.1, 0.15) is 44.0 Å². The van der Waals surface area contributed by atoms with E-state index in [1.165, 1.54) is 18.4 Å². The number of nitrogens with one attached hydrogen (secondary N) is 1. The Morgan fingerprint density at radius 1 is 1.00 bits per heavy atom. The lowest BCUT2D eigenvalue weighted by Gasteiger charge is -2.09. The SMILES string of the molecule is COC(=O)c1cc(C(C)c2ccccc2)sc1NC(=O)c1ccc(OC)cc1. The minimum absolute atomic E-state index is 0.0845. The number of rotatable bonds is 6. The molecule has 0 fully saturated rings. The molecular formula is C22H21NO4S. The summed E-state index contributed by atoms with van der Waals surface area (Å²) >= 11 is 1.38. The van der Waals surface area contributed by atoms with Crippen molar-refractivity contribution >= 4 is 28.2 Å². The third-order valence-electron chi connectivity index (χ3n) is 4.46. The van der Waals surface area contributed by atoms with E-state index in [0.29, 0.717) is 21.9 Å². The lowest BCUT2D eigenvalue weighted by atomic mass is 9.99. The van der Waals surface area contributed by atoms with Gasteiger partial charge in [0.05, 0.1) is 19.8 Å². The van der Waals surface area contributed by atoms with E-state index in [0.717, 1.165) is 10.4 Å². The van der Waals surface area contributed by atoms with Gasteiger partial charge in [0.15, 0.2) is 0 Å². The smallest absolute Gasteiger partial charge is 0.340 e. The molecule has 2 aromatic carbocycles. The molecule has 0 saturated carbocycles. The van der Waals surface area contributed by atoms with Gasteiger partial charge in [-0.2, -0.15) is 0 Å². The Kier molecular flexibility index (Phi) is 6.11. The van der Waals surface area contributed by atoms with E-state index < -0.39 is 5.97 Å². The van der Waals surface area contributed by atoms with Crippen LogP contribution in [0.25, 0.3) is 0 Å². The average molecular weight is 395 g/mol. The quantitative estimate of drug-likeness (QED) is 0.600. The van der Waals surface area contributed by atoms with Crippen molar-refractivity contribution in [1.29, 1.82) is 0 Å². The molecule has 6 heteroatoms. The lowest BCUT2D eigenvalue weighted by Crippen LogP contribution is -2.13. The predicted octanol–water partition coefficient (Wildman–Crippen LogP) is 4.95. The van der Waals surface area contributed by atoms with Crippen LogP contribution in [0, 0.1) is 0 Å². The van der Waals surface area contributed by atoms with E-state index in [4.69, 9.17) is 9.47 Å². The van der Waals surface area contributed by atoms with Crippen molar-refractivity contribution in [1.82, 2.24) is 0 Å². The summed E-state index contributed by atoms with van der Waals surface area (Å²) in [6.07, 6.45) is 0. The van der Waals surface area contributed by atoms with Crippen LogP contribution in [-0.2, 0) is 4.74 Å². The monoisotopic (exact) mass is 395 g/mol. The standard InChI is InChI=1S/C22H21NO4S/c1-14(15-7-5-4-6-8-15)19-13-18(22(25)27-3)21(28-19)23-20(24)16-9-11-17(26-2)12-10-16/h4-14H,1-3H3,(H,23,24). The van der Waals surface area contributed by atoms with Crippen LogP contribution >= 0.6 is 11.3 Å². The van der Waals surface area contributed by atoms with Gasteiger partial charge in [0.1, 0.15) is 10.8 Å². The number of methoxy groups -OCH3 is 2. The van der Waals surface area contributed by atoms with Crippen molar-refractivity contribution in [2.45, 2.75) is 12.8 Å². The highest BCUT2D eigenvalue weighted by Gasteiger charge is 2.22. The topological polar surface area (TPSA) is 64.6 Å². The number of ether oxygens (including phenoxy) is 2. The molecule has 1 heterocycles. The Hall–Kier alpha value is -3.12. The highest BCUT2D eigenvalue weighted by atomic mass is 32.1. The van der Waals surface area contributed by atoms with Gasteiger partial charge in [-0.05, 0) is 35.9 Å². The molecule has 0 aliphatic heterocycles. The van der Waals surface area contributed by atoms with Gasteiger partial charge < -0.3 is 14.8 Å². The minimum Gasteiger partial charge on any atom is -0.497 e. The van der Waals surface area contributed by atoms with Crippen molar-refractivity contribution in [3.63, 3.8) is 0 Å². The maximum absolute atomic E-state index is 12.6. The van der Waals surface area contributed by atoms with Gasteiger partial charge in [0, 0.05) is 16.4 Å². The van der Waals surface area contributed by atoms with Crippen LogP contribution in [0.5, 0.6) is 5.75 Å². The molecule has 144 valence electrons. The fourth-order valence-electron chi connectivity index (χ4n) is 2.80. The summed E-state index contributed by atoms with van der Waals surface area (Å²) in [6.45, 7) is 2.07. The van der Waals surface area contributed by atoms with E-state index in [9.17, 15) is 9.59 Å². The zero-order valence-corrected chi connectivity index (χ0v) is 16.7. The first kappa shape index (κ1) is 19.6. The van der Waals surface area contributed by atoms with E-state index in [2.05, 4.69) is 12.2 Å². The molecule has 3 aromatic rings. The number of hydrogen-bond acceptors (Lipinski definition) is 5. The van der Waals surface area contributed by atoms with Crippen LogP contribution in [0.2, 0.25) is 0 Å². The zero-order chi connectivity index (χ0) is 20.1. The number of carbonyl (C=O) groups excluding carboxylic acids is 2. The van der Waals surface area contributed by atoms with E-state index in [1.54, 1.807) is 37.4 Å². The van der Waals surface area contributed by atoms with Gasteiger partial charge in [0.25, 0.3) is 5.91 Å². The molecule has 0 aliphatic rings. The van der Waals surface area contributed by atoms with Crippen LogP contribution < -0.4 is 10.1 Å². The van der Waals surface area contributed by atoms with Crippen LogP contribution in [0.3, 0.4) is 0 Å². The Balaban J connectivity index is 1.89. The predicted molar refractivity (Wildman–Crippen MR) is 111 cm³/mol. The van der Waals surface area contributed by atoms with Crippen molar-refractivity contribution in [3.05, 3.63) is 82.2 Å². The Morgan fingerprint density at radius 3 is 2.29 bits per heavy atom. The lowest BCUT2D eigenvalue weighted by molar-refractivity contribution is 0.0602. The zero-order valence-electron chi connectivity index (χ0n) is 15.9. The van der Waals surface area contributed by atoms with E-state index in [-0.39, 0.29) is 11.8 Å². The fraction of sp³-hybridized carbons (Fsp3) is 0.182. The molecule has 1 N–H and O–H groups in total. The largest absolute Gasteiger partial charge is 0.497 e. The van der Waals surface area contributed by atoms with Crippen molar-refractivity contribution in [2.75, 3.05) is 19.5 Å². The van der Waals surface area contributed by atoms with Gasteiger partial charge in [-0.1, -0.05) is 37.3 Å². The summed E-state index contributed by atoms with van der Waals surface area (Å²) in [7, 11) is 2.90. The number of anilines is 1. The molecule has 1 amide bonds. The number of benzene rings is 2. The normalized spacial score (nSPS) is 11.5. The van der Waals surface area contributed by atoms with E-state index in [1.807, 2.05) is 30.3 Å². The third-order valence-corrected chi connectivity index (χ3v) is 5.70. The number of carbonyl (C=O) groups is 2. The number of esters is 1. The molecule has 0 saturated heterocycles. The van der Waals surface area contributed by atoms with Crippen molar-refractivity contribution in [2.24, 2.45) is 0 Å². The van der Waals surface area contributed by atoms with Crippen molar-refractivity contribution < 1.29 is 19.1 Å². The van der Waals surface area contributed by atoms with Crippen LogP contribution in [0.15, 0.2) is 60.7 Å². The Bertz CT molecular complexity index is 964. The summed E-state index contributed by atoms with van der Waals surface area (Å²) < 4.78 is 10.0. The third kappa shape index (κ3) is 4.23. The molecular weight excluding hydrogens is 374 g/mol. The first-order valence-corrected chi connectivity index (χ1v) is 9.57. The molecule has 0 spiro atoms. The summed E-state index contributed by atoms with van der Waals surface area (Å²) in [6, 6.07) is 18.6. The van der Waals surface area contributed by atoms with Gasteiger partial charge in [-0.25, -0.2) is 4.79 Å². The number of thiophene rings is 1. The van der Waals surface area contributed by atoms with E-state index >= 15 is 0 Å². The number of hydrogen-bond donors (Lipinski definition) is 1. The Morgan fingerprint density at radius 2 is 1.68 bits per heavy atom. The molecule has 0 bridgehead atoms. The molecule has 3 rings (SSSR count). The minimum atomic E-state index is -0.479. The summed E-state index contributed by atoms with van der Waals surface area (Å²) in [4.78, 5) is 25.8. The maximum Gasteiger partial charge on any atom is 0.340 e.